The number of hydrogen-bond donors (Lipinski definition) is 1. The largest absolute Gasteiger partial charge is 0.486 e. The number of amides is 1. The van der Waals surface area contributed by atoms with Crippen molar-refractivity contribution in [3.63, 3.8) is 0 Å². The summed E-state index contributed by atoms with van der Waals surface area (Å²) in [4.78, 5) is 14.9. The molecule has 0 radical (unpaired) electrons. The van der Waals surface area contributed by atoms with Crippen molar-refractivity contribution in [2.45, 2.75) is 26.3 Å². The van der Waals surface area contributed by atoms with Crippen molar-refractivity contribution in [3.8, 4) is 11.5 Å². The topological polar surface area (TPSA) is 50.8 Å². The van der Waals surface area contributed by atoms with E-state index in [0.717, 1.165) is 30.0 Å². The molecule has 0 aromatic heterocycles. The van der Waals surface area contributed by atoms with E-state index >= 15 is 0 Å². The van der Waals surface area contributed by atoms with Gasteiger partial charge in [0.25, 0.3) is 0 Å². The van der Waals surface area contributed by atoms with Crippen molar-refractivity contribution in [1.29, 1.82) is 0 Å². The quantitative estimate of drug-likeness (QED) is 0.882. The SMILES string of the molecule is CC(C)[C@H](NC(=O)CN1CCc2ccccc21)c1ccc2c(c1)OCCO2. The van der Waals surface area contributed by atoms with Crippen LogP contribution in [-0.2, 0) is 11.2 Å². The molecule has 0 bridgehead atoms. The zero-order valence-corrected chi connectivity index (χ0v) is 15.9. The number of benzene rings is 2. The minimum absolute atomic E-state index is 0.0419. The minimum atomic E-state index is -0.0637. The lowest BCUT2D eigenvalue weighted by atomic mass is 9.95. The molecule has 5 nitrogen and oxygen atoms in total. The van der Waals surface area contributed by atoms with Gasteiger partial charge in [-0.2, -0.15) is 0 Å². The summed E-state index contributed by atoms with van der Waals surface area (Å²) in [6.07, 6.45) is 0.999. The average molecular weight is 366 g/mol. The third-order valence-corrected chi connectivity index (χ3v) is 5.23. The Bertz CT molecular complexity index is 834. The van der Waals surface area contributed by atoms with E-state index in [4.69, 9.17) is 9.47 Å². The van der Waals surface area contributed by atoms with Crippen LogP contribution in [0.1, 0.15) is 31.0 Å². The second-order valence-electron chi connectivity index (χ2n) is 7.49. The Kier molecular flexibility index (Phi) is 4.92. The maximum atomic E-state index is 12.8. The van der Waals surface area contributed by atoms with Crippen LogP contribution in [0.3, 0.4) is 0 Å². The van der Waals surface area contributed by atoms with Crippen LogP contribution >= 0.6 is 0 Å². The van der Waals surface area contributed by atoms with Crippen molar-refractivity contribution in [2.75, 3.05) is 31.2 Å². The Morgan fingerprint density at radius 1 is 1.11 bits per heavy atom. The molecule has 1 amide bonds. The van der Waals surface area contributed by atoms with Gasteiger partial charge >= 0.3 is 0 Å². The Hall–Kier alpha value is -2.69. The molecule has 0 fully saturated rings. The summed E-state index contributed by atoms with van der Waals surface area (Å²) in [5.41, 5.74) is 3.54. The molecule has 1 atom stereocenters. The first-order valence-corrected chi connectivity index (χ1v) is 9.63. The van der Waals surface area contributed by atoms with Gasteiger partial charge in [-0.15, -0.1) is 0 Å². The Morgan fingerprint density at radius 2 is 1.89 bits per heavy atom. The Balaban J connectivity index is 1.47. The maximum Gasteiger partial charge on any atom is 0.240 e. The van der Waals surface area contributed by atoms with Gasteiger partial charge in [0, 0.05) is 12.2 Å². The van der Waals surface area contributed by atoms with E-state index in [1.165, 1.54) is 11.3 Å². The molecule has 27 heavy (non-hydrogen) atoms. The highest BCUT2D eigenvalue weighted by Crippen LogP contribution is 2.34. The number of rotatable bonds is 5. The first kappa shape index (κ1) is 17.7. The molecule has 2 heterocycles. The molecule has 0 spiro atoms. The summed E-state index contributed by atoms with van der Waals surface area (Å²) in [5, 5.41) is 3.22. The van der Waals surface area contributed by atoms with Gasteiger partial charge in [-0.05, 0) is 41.7 Å². The van der Waals surface area contributed by atoms with Crippen LogP contribution in [-0.4, -0.2) is 32.2 Å². The third kappa shape index (κ3) is 3.72. The number of anilines is 1. The molecule has 0 saturated carbocycles. The van der Waals surface area contributed by atoms with E-state index in [0.29, 0.717) is 19.8 Å². The van der Waals surface area contributed by atoms with Crippen molar-refractivity contribution in [1.82, 2.24) is 5.32 Å². The molecular formula is C22H26N2O3. The number of carbonyl (C=O) groups excluding carboxylic acids is 1. The summed E-state index contributed by atoms with van der Waals surface area (Å²) < 4.78 is 11.3. The fraction of sp³-hybridized carbons (Fsp3) is 0.409. The number of nitrogens with zero attached hydrogens (tertiary/aromatic N) is 1. The van der Waals surface area contributed by atoms with Gasteiger partial charge in [0.15, 0.2) is 11.5 Å². The van der Waals surface area contributed by atoms with E-state index in [9.17, 15) is 4.79 Å². The monoisotopic (exact) mass is 366 g/mol. The van der Waals surface area contributed by atoms with E-state index < -0.39 is 0 Å². The molecule has 0 saturated heterocycles. The molecule has 4 rings (SSSR count). The summed E-state index contributed by atoms with van der Waals surface area (Å²) >= 11 is 0. The lowest BCUT2D eigenvalue weighted by Gasteiger charge is -2.27. The normalized spacial score (nSPS) is 16.2. The van der Waals surface area contributed by atoms with Crippen LogP contribution in [0.5, 0.6) is 11.5 Å². The fourth-order valence-corrected chi connectivity index (χ4v) is 3.85. The van der Waals surface area contributed by atoms with Crippen molar-refractivity contribution < 1.29 is 14.3 Å². The number of ether oxygens (including phenoxy) is 2. The molecule has 5 heteroatoms. The van der Waals surface area contributed by atoms with Gasteiger partial charge in [-0.25, -0.2) is 0 Å². The zero-order valence-electron chi connectivity index (χ0n) is 15.9. The summed E-state index contributed by atoms with van der Waals surface area (Å²) in [7, 11) is 0. The predicted octanol–water partition coefficient (Wildman–Crippen LogP) is 3.33. The smallest absolute Gasteiger partial charge is 0.240 e. The minimum Gasteiger partial charge on any atom is -0.486 e. The lowest BCUT2D eigenvalue weighted by molar-refractivity contribution is -0.120. The van der Waals surface area contributed by atoms with E-state index in [2.05, 4.69) is 42.3 Å². The number of hydrogen-bond acceptors (Lipinski definition) is 4. The molecule has 0 unspecified atom stereocenters. The number of fused-ring (bicyclic) bond motifs is 2. The van der Waals surface area contributed by atoms with Gasteiger partial charge in [0.1, 0.15) is 13.2 Å². The second-order valence-corrected chi connectivity index (χ2v) is 7.49. The zero-order chi connectivity index (χ0) is 18.8. The highest BCUT2D eigenvalue weighted by Gasteiger charge is 2.24. The molecular weight excluding hydrogens is 340 g/mol. The van der Waals surface area contributed by atoms with Crippen LogP contribution in [0.15, 0.2) is 42.5 Å². The van der Waals surface area contributed by atoms with Crippen LogP contribution in [0.25, 0.3) is 0 Å². The molecule has 2 aromatic carbocycles. The van der Waals surface area contributed by atoms with Crippen molar-refractivity contribution >= 4 is 11.6 Å². The molecule has 1 N–H and O–H groups in total. The van der Waals surface area contributed by atoms with Gasteiger partial charge in [0.2, 0.25) is 5.91 Å². The highest BCUT2D eigenvalue weighted by molar-refractivity contribution is 5.82. The highest BCUT2D eigenvalue weighted by atomic mass is 16.6. The second kappa shape index (κ2) is 7.51. The van der Waals surface area contributed by atoms with E-state index in [1.54, 1.807) is 0 Å². The molecule has 2 aromatic rings. The van der Waals surface area contributed by atoms with E-state index in [1.807, 2.05) is 24.3 Å². The average Bonchev–Trinajstić information content (AvgIpc) is 3.08. The molecule has 2 aliphatic rings. The first-order valence-electron chi connectivity index (χ1n) is 9.63. The van der Waals surface area contributed by atoms with Crippen LogP contribution in [0.2, 0.25) is 0 Å². The van der Waals surface area contributed by atoms with E-state index in [-0.39, 0.29) is 17.9 Å². The standard InChI is InChI=1S/C22H26N2O3/c1-15(2)22(17-7-8-19-20(13-17)27-12-11-26-19)23-21(25)14-24-10-9-16-5-3-4-6-18(16)24/h3-8,13,15,22H,9-12,14H2,1-2H3,(H,23,25)/t22-/m0/s1. The fourth-order valence-electron chi connectivity index (χ4n) is 3.85. The molecule has 142 valence electrons. The van der Waals surface area contributed by atoms with Gasteiger partial charge in [0.05, 0.1) is 12.6 Å². The lowest BCUT2D eigenvalue weighted by Crippen LogP contribution is -2.39. The van der Waals surface area contributed by atoms with Gasteiger partial charge in [-0.3, -0.25) is 4.79 Å². The number of carbonyl (C=O) groups is 1. The van der Waals surface area contributed by atoms with Gasteiger partial charge in [-0.1, -0.05) is 38.1 Å². The van der Waals surface area contributed by atoms with Crippen molar-refractivity contribution in [3.05, 3.63) is 53.6 Å². The predicted molar refractivity (Wildman–Crippen MR) is 106 cm³/mol. The summed E-state index contributed by atoms with van der Waals surface area (Å²) in [6, 6.07) is 14.2. The third-order valence-electron chi connectivity index (χ3n) is 5.23. The van der Waals surface area contributed by atoms with Crippen molar-refractivity contribution in [2.24, 2.45) is 5.92 Å². The Morgan fingerprint density at radius 3 is 2.70 bits per heavy atom. The molecule has 2 aliphatic heterocycles. The number of para-hydroxylation sites is 1. The summed E-state index contributed by atoms with van der Waals surface area (Å²) in [6.45, 7) is 6.64. The van der Waals surface area contributed by atoms with Crippen LogP contribution in [0.4, 0.5) is 5.69 Å². The van der Waals surface area contributed by atoms with Gasteiger partial charge < -0.3 is 19.7 Å². The van der Waals surface area contributed by atoms with Crippen LogP contribution < -0.4 is 19.7 Å². The first-order chi connectivity index (χ1) is 13.1. The summed E-state index contributed by atoms with van der Waals surface area (Å²) in [5.74, 6) is 1.84. The Labute approximate surface area is 160 Å². The maximum absolute atomic E-state index is 12.8. The molecule has 0 aliphatic carbocycles. The van der Waals surface area contributed by atoms with Crippen LogP contribution in [0, 0.1) is 5.92 Å². The number of nitrogens with one attached hydrogen (secondary N) is 1.